The van der Waals surface area contributed by atoms with Crippen LogP contribution in [0.4, 0.5) is 10.6 Å². The number of hydrogen-bond acceptors (Lipinski definition) is 5. The third kappa shape index (κ3) is 4.33. The van der Waals surface area contributed by atoms with Gasteiger partial charge in [0.1, 0.15) is 11.9 Å². The number of rotatable bonds is 4. The van der Waals surface area contributed by atoms with Crippen LogP contribution in [0.15, 0.2) is 42.6 Å². The van der Waals surface area contributed by atoms with Crippen LogP contribution in [0, 0.1) is 11.3 Å². The molecule has 1 aromatic heterocycles. The van der Waals surface area contributed by atoms with E-state index in [2.05, 4.69) is 16.4 Å². The first-order chi connectivity index (χ1) is 13.1. The SMILES string of the molecule is N#Cc1cccnc1N1CCN(C(=O)NCc2ccc(C(=O)O)cc2)CC1. The van der Waals surface area contributed by atoms with E-state index < -0.39 is 5.97 Å². The van der Waals surface area contributed by atoms with Crippen LogP contribution < -0.4 is 10.2 Å². The number of carboxylic acids is 1. The van der Waals surface area contributed by atoms with E-state index in [9.17, 15) is 14.9 Å². The minimum absolute atomic E-state index is 0.168. The van der Waals surface area contributed by atoms with E-state index in [1.54, 1.807) is 35.4 Å². The van der Waals surface area contributed by atoms with Gasteiger partial charge >= 0.3 is 12.0 Å². The summed E-state index contributed by atoms with van der Waals surface area (Å²) in [7, 11) is 0. The highest BCUT2D eigenvalue weighted by Crippen LogP contribution is 2.18. The number of carboxylic acid groups (broad SMARTS) is 1. The zero-order chi connectivity index (χ0) is 19.2. The Morgan fingerprint density at radius 3 is 2.48 bits per heavy atom. The van der Waals surface area contributed by atoms with E-state index in [0.717, 1.165) is 5.56 Å². The van der Waals surface area contributed by atoms with Crippen molar-refractivity contribution >= 4 is 17.8 Å². The minimum atomic E-state index is -0.976. The Bertz CT molecular complexity index is 868. The number of nitriles is 1. The maximum atomic E-state index is 12.3. The monoisotopic (exact) mass is 365 g/mol. The third-order valence-electron chi connectivity index (χ3n) is 4.42. The van der Waals surface area contributed by atoms with Gasteiger partial charge in [0.15, 0.2) is 0 Å². The number of anilines is 1. The van der Waals surface area contributed by atoms with Gasteiger partial charge in [0.25, 0.3) is 0 Å². The van der Waals surface area contributed by atoms with Gasteiger partial charge in [-0.15, -0.1) is 0 Å². The topological polar surface area (TPSA) is 110 Å². The largest absolute Gasteiger partial charge is 0.478 e. The van der Waals surface area contributed by atoms with Crippen LogP contribution in [-0.2, 0) is 6.54 Å². The summed E-state index contributed by atoms with van der Waals surface area (Å²) in [5.74, 6) is -0.325. The highest BCUT2D eigenvalue weighted by molar-refractivity contribution is 5.87. The van der Waals surface area contributed by atoms with Crippen molar-refractivity contribution in [3.05, 3.63) is 59.3 Å². The Morgan fingerprint density at radius 1 is 1.15 bits per heavy atom. The Morgan fingerprint density at radius 2 is 1.85 bits per heavy atom. The molecule has 2 aromatic rings. The quantitative estimate of drug-likeness (QED) is 0.853. The van der Waals surface area contributed by atoms with Crippen LogP contribution in [0.1, 0.15) is 21.5 Å². The van der Waals surface area contributed by atoms with E-state index in [1.807, 2.05) is 4.90 Å². The lowest BCUT2D eigenvalue weighted by molar-refractivity contribution is 0.0697. The van der Waals surface area contributed by atoms with Gasteiger partial charge < -0.3 is 20.2 Å². The van der Waals surface area contributed by atoms with Crippen molar-refractivity contribution in [1.29, 1.82) is 5.26 Å². The summed E-state index contributed by atoms with van der Waals surface area (Å²) in [4.78, 5) is 31.2. The second kappa shape index (κ2) is 8.19. The first kappa shape index (κ1) is 18.2. The molecule has 138 valence electrons. The Labute approximate surface area is 156 Å². The first-order valence-electron chi connectivity index (χ1n) is 8.53. The molecule has 0 bridgehead atoms. The predicted molar refractivity (Wildman–Crippen MR) is 98.4 cm³/mol. The lowest BCUT2D eigenvalue weighted by Crippen LogP contribution is -2.52. The molecule has 2 heterocycles. The van der Waals surface area contributed by atoms with Crippen LogP contribution in [0.5, 0.6) is 0 Å². The molecule has 1 aromatic carbocycles. The molecule has 0 aliphatic carbocycles. The summed E-state index contributed by atoms with van der Waals surface area (Å²) in [5.41, 5.74) is 1.58. The predicted octanol–water partition coefficient (Wildman–Crippen LogP) is 1.68. The van der Waals surface area contributed by atoms with Crippen molar-refractivity contribution in [2.45, 2.75) is 6.54 Å². The number of piperazine rings is 1. The first-order valence-corrected chi connectivity index (χ1v) is 8.53. The molecule has 1 saturated heterocycles. The molecular formula is C19H19N5O3. The van der Waals surface area contributed by atoms with Gasteiger partial charge in [-0.2, -0.15) is 5.26 Å². The lowest BCUT2D eigenvalue weighted by atomic mass is 10.1. The molecule has 27 heavy (non-hydrogen) atoms. The normalized spacial score (nSPS) is 13.7. The molecule has 0 radical (unpaired) electrons. The number of amides is 2. The molecule has 0 unspecified atom stereocenters. The summed E-state index contributed by atoms with van der Waals surface area (Å²) in [6.45, 7) is 2.60. The summed E-state index contributed by atoms with van der Waals surface area (Å²) in [6, 6.07) is 11.8. The van der Waals surface area contributed by atoms with Gasteiger partial charge in [-0.25, -0.2) is 14.6 Å². The van der Waals surface area contributed by atoms with Crippen molar-refractivity contribution in [3.63, 3.8) is 0 Å². The number of pyridine rings is 1. The second-order valence-corrected chi connectivity index (χ2v) is 6.12. The summed E-state index contributed by atoms with van der Waals surface area (Å²) < 4.78 is 0. The number of carbonyl (C=O) groups is 2. The molecule has 0 saturated carbocycles. The molecular weight excluding hydrogens is 346 g/mol. The van der Waals surface area contributed by atoms with Gasteiger partial charge in [-0.3, -0.25) is 0 Å². The standard InChI is InChI=1S/C19H19N5O3/c20-12-16-2-1-7-21-17(16)23-8-10-24(11-9-23)19(27)22-13-14-3-5-15(6-4-14)18(25)26/h1-7H,8-11,13H2,(H,22,27)(H,25,26). The summed E-state index contributed by atoms with van der Waals surface area (Å²) in [5, 5.41) is 20.9. The highest BCUT2D eigenvalue weighted by Gasteiger charge is 2.23. The van der Waals surface area contributed by atoms with Crippen molar-refractivity contribution in [2.75, 3.05) is 31.1 Å². The molecule has 2 N–H and O–H groups in total. The van der Waals surface area contributed by atoms with Crippen molar-refractivity contribution in [1.82, 2.24) is 15.2 Å². The zero-order valence-electron chi connectivity index (χ0n) is 14.6. The van der Waals surface area contributed by atoms with Crippen LogP contribution in [0.3, 0.4) is 0 Å². The van der Waals surface area contributed by atoms with Crippen LogP contribution in [0.2, 0.25) is 0 Å². The van der Waals surface area contributed by atoms with Gasteiger partial charge in [0.05, 0.1) is 11.1 Å². The average molecular weight is 365 g/mol. The number of aromatic carboxylic acids is 1. The number of carbonyl (C=O) groups excluding carboxylic acids is 1. The van der Waals surface area contributed by atoms with Crippen LogP contribution in [0.25, 0.3) is 0 Å². The van der Waals surface area contributed by atoms with Crippen LogP contribution in [-0.4, -0.2) is 53.2 Å². The Balaban J connectivity index is 1.51. The number of benzene rings is 1. The van der Waals surface area contributed by atoms with Gasteiger partial charge in [0.2, 0.25) is 0 Å². The van der Waals surface area contributed by atoms with E-state index >= 15 is 0 Å². The number of aromatic nitrogens is 1. The van der Waals surface area contributed by atoms with Crippen molar-refractivity contribution < 1.29 is 14.7 Å². The van der Waals surface area contributed by atoms with Gasteiger partial charge in [-0.05, 0) is 29.8 Å². The smallest absolute Gasteiger partial charge is 0.335 e. The molecule has 1 aliphatic heterocycles. The molecule has 8 nitrogen and oxygen atoms in total. The Kier molecular flexibility index (Phi) is 5.52. The summed E-state index contributed by atoms with van der Waals surface area (Å²) >= 11 is 0. The average Bonchev–Trinajstić information content (AvgIpc) is 2.72. The molecule has 2 amide bonds. The maximum Gasteiger partial charge on any atom is 0.335 e. The number of urea groups is 1. The van der Waals surface area contributed by atoms with E-state index in [0.29, 0.717) is 44.1 Å². The number of hydrogen-bond donors (Lipinski definition) is 2. The number of nitrogens with zero attached hydrogens (tertiary/aromatic N) is 4. The molecule has 1 aliphatic rings. The van der Waals surface area contributed by atoms with E-state index in [4.69, 9.17) is 5.11 Å². The fourth-order valence-corrected chi connectivity index (χ4v) is 2.91. The maximum absolute atomic E-state index is 12.3. The zero-order valence-corrected chi connectivity index (χ0v) is 14.6. The molecule has 0 spiro atoms. The van der Waals surface area contributed by atoms with E-state index in [1.165, 1.54) is 12.1 Å². The molecule has 8 heteroatoms. The fraction of sp³-hybridized carbons (Fsp3) is 0.263. The molecule has 3 rings (SSSR count). The number of nitrogens with one attached hydrogen (secondary N) is 1. The van der Waals surface area contributed by atoms with E-state index in [-0.39, 0.29) is 11.6 Å². The third-order valence-corrected chi connectivity index (χ3v) is 4.42. The minimum Gasteiger partial charge on any atom is -0.478 e. The molecule has 1 fully saturated rings. The Hall–Kier alpha value is -3.60. The van der Waals surface area contributed by atoms with Gasteiger partial charge in [0, 0.05) is 38.9 Å². The molecule has 0 atom stereocenters. The second-order valence-electron chi connectivity index (χ2n) is 6.12. The summed E-state index contributed by atoms with van der Waals surface area (Å²) in [6.07, 6.45) is 1.66. The fourth-order valence-electron chi connectivity index (χ4n) is 2.91. The van der Waals surface area contributed by atoms with Crippen molar-refractivity contribution in [3.8, 4) is 6.07 Å². The lowest BCUT2D eigenvalue weighted by Gasteiger charge is -2.35. The van der Waals surface area contributed by atoms with Crippen molar-refractivity contribution in [2.24, 2.45) is 0 Å². The highest BCUT2D eigenvalue weighted by atomic mass is 16.4. The van der Waals surface area contributed by atoms with Gasteiger partial charge in [-0.1, -0.05) is 12.1 Å². The van der Waals surface area contributed by atoms with Crippen LogP contribution >= 0.6 is 0 Å².